The summed E-state index contributed by atoms with van der Waals surface area (Å²) >= 11 is 0. The Morgan fingerprint density at radius 3 is 2.44 bits per heavy atom. The third-order valence-electron chi connectivity index (χ3n) is 6.42. The highest BCUT2D eigenvalue weighted by molar-refractivity contribution is 7.92. The second-order valence-electron chi connectivity index (χ2n) is 9.11. The first-order valence-corrected chi connectivity index (χ1v) is 14.6. The summed E-state index contributed by atoms with van der Waals surface area (Å²) in [5.41, 5.74) is 1.67. The van der Waals surface area contributed by atoms with Crippen molar-refractivity contribution in [2.75, 3.05) is 39.4 Å². The van der Waals surface area contributed by atoms with Crippen LogP contribution in [0.3, 0.4) is 0 Å². The number of hydrogen-bond acceptors (Lipinski definition) is 6. The molecular formula is C24H31FN2O5S2. The zero-order valence-corrected chi connectivity index (χ0v) is 21.1. The number of halogens is 1. The van der Waals surface area contributed by atoms with Crippen LogP contribution in [0, 0.1) is 5.82 Å². The fraction of sp³-hybridized carbons (Fsp3) is 0.500. The molecule has 0 bridgehead atoms. The van der Waals surface area contributed by atoms with Crippen LogP contribution in [0.5, 0.6) is 0 Å². The molecule has 0 aliphatic carbocycles. The molecule has 2 aromatic rings. The quantitative estimate of drug-likeness (QED) is 0.576. The van der Waals surface area contributed by atoms with Gasteiger partial charge in [0, 0.05) is 19.6 Å². The van der Waals surface area contributed by atoms with Gasteiger partial charge in [0.1, 0.15) is 5.82 Å². The molecule has 0 amide bonds. The van der Waals surface area contributed by atoms with E-state index in [1.165, 1.54) is 18.2 Å². The van der Waals surface area contributed by atoms with E-state index in [0.29, 0.717) is 49.2 Å². The lowest BCUT2D eigenvalue weighted by atomic mass is 9.97. The third-order valence-corrected chi connectivity index (χ3v) is 9.86. The van der Waals surface area contributed by atoms with Crippen molar-refractivity contribution < 1.29 is 26.0 Å². The summed E-state index contributed by atoms with van der Waals surface area (Å²) in [6.07, 6.45) is 1.50. The molecule has 10 heteroatoms. The average Bonchev–Trinajstić information content (AvgIpc) is 2.90. The van der Waals surface area contributed by atoms with E-state index in [2.05, 4.69) is 9.62 Å². The summed E-state index contributed by atoms with van der Waals surface area (Å²) < 4.78 is 75.4. The number of morpholine rings is 1. The Hall–Kier alpha value is -1.85. The molecule has 2 aliphatic rings. The average molecular weight is 511 g/mol. The maximum Gasteiger partial charge on any atom is 0.240 e. The van der Waals surface area contributed by atoms with Gasteiger partial charge >= 0.3 is 0 Å². The molecule has 2 heterocycles. The number of nitrogens with zero attached hydrogens (tertiary/aromatic N) is 1. The van der Waals surface area contributed by atoms with Crippen molar-refractivity contribution in [3.63, 3.8) is 0 Å². The van der Waals surface area contributed by atoms with E-state index < -0.39 is 25.7 Å². The molecule has 34 heavy (non-hydrogen) atoms. The van der Waals surface area contributed by atoms with Crippen LogP contribution in [0.1, 0.15) is 42.9 Å². The van der Waals surface area contributed by atoms with Gasteiger partial charge in [-0.15, -0.1) is 0 Å². The van der Waals surface area contributed by atoms with Gasteiger partial charge in [0.05, 0.1) is 27.9 Å². The summed E-state index contributed by atoms with van der Waals surface area (Å²) in [6.45, 7) is 7.78. The fourth-order valence-corrected chi connectivity index (χ4v) is 7.86. The number of sulfonamides is 1. The number of hydrogen-bond donors (Lipinski definition) is 1. The number of aryl methyl sites for hydroxylation is 2. The molecule has 7 nitrogen and oxygen atoms in total. The zero-order chi connectivity index (χ0) is 24.5. The first kappa shape index (κ1) is 25.2. The lowest BCUT2D eigenvalue weighted by molar-refractivity contribution is 0.0376. The minimum atomic E-state index is -4.08. The lowest BCUT2D eigenvalue weighted by Gasteiger charge is -2.26. The summed E-state index contributed by atoms with van der Waals surface area (Å²) in [4.78, 5) is 2.04. The number of fused-ring (bicyclic) bond motifs is 2. The molecule has 0 radical (unpaired) electrons. The van der Waals surface area contributed by atoms with Crippen LogP contribution in [-0.2, 0) is 37.4 Å². The Balaban J connectivity index is 1.65. The van der Waals surface area contributed by atoms with Gasteiger partial charge in [0.2, 0.25) is 19.9 Å². The molecule has 4 rings (SSSR count). The molecule has 2 aliphatic heterocycles. The van der Waals surface area contributed by atoms with Crippen molar-refractivity contribution in [2.24, 2.45) is 0 Å². The molecule has 0 aromatic heterocycles. The highest BCUT2D eigenvalue weighted by atomic mass is 32.2. The summed E-state index contributed by atoms with van der Waals surface area (Å²) in [5, 5.41) is 0. The van der Waals surface area contributed by atoms with E-state index in [1.807, 2.05) is 13.8 Å². The first-order valence-electron chi connectivity index (χ1n) is 11.6. The van der Waals surface area contributed by atoms with Gasteiger partial charge in [0.25, 0.3) is 0 Å². The first-order chi connectivity index (χ1) is 16.1. The van der Waals surface area contributed by atoms with Crippen molar-refractivity contribution in [1.29, 1.82) is 0 Å². The van der Waals surface area contributed by atoms with Crippen molar-refractivity contribution in [3.05, 3.63) is 52.8 Å². The number of benzene rings is 2. The highest BCUT2D eigenvalue weighted by Gasteiger charge is 2.32. The molecule has 0 unspecified atom stereocenters. The Kier molecular flexibility index (Phi) is 7.44. The van der Waals surface area contributed by atoms with Gasteiger partial charge < -0.3 is 4.74 Å². The Morgan fingerprint density at radius 2 is 1.74 bits per heavy atom. The molecule has 1 N–H and O–H groups in total. The van der Waals surface area contributed by atoms with Crippen molar-refractivity contribution >= 4 is 19.9 Å². The fourth-order valence-electron chi connectivity index (χ4n) is 4.54. The molecule has 1 saturated heterocycles. The largest absolute Gasteiger partial charge is 0.379 e. The number of nitrogens with one attached hydrogen (secondary N) is 1. The van der Waals surface area contributed by atoms with E-state index >= 15 is 0 Å². The third kappa shape index (κ3) is 5.21. The van der Waals surface area contributed by atoms with E-state index in [0.717, 1.165) is 25.7 Å². The van der Waals surface area contributed by atoms with Gasteiger partial charge in [-0.2, -0.15) is 0 Å². The molecule has 1 fully saturated rings. The van der Waals surface area contributed by atoms with E-state index in [1.54, 1.807) is 6.07 Å². The summed E-state index contributed by atoms with van der Waals surface area (Å²) in [6, 6.07) is 6.73. The Labute approximate surface area is 201 Å². The lowest BCUT2D eigenvalue weighted by Crippen LogP contribution is -2.38. The molecule has 0 saturated carbocycles. The van der Waals surface area contributed by atoms with Gasteiger partial charge in [-0.05, 0) is 66.6 Å². The standard InChI is InChI=1S/C24H31FN2O5S2/c1-17(2)21-14-19-5-4-18-6-7-20(25)15-22(18)33(28,29)23(19)16-24(21)34(30,31)26-8-3-9-27-10-12-32-13-11-27/h6-7,14-17,26H,3-5,8-13H2,1-2H3. The van der Waals surface area contributed by atoms with Crippen LogP contribution in [-0.4, -0.2) is 61.1 Å². The van der Waals surface area contributed by atoms with Crippen LogP contribution < -0.4 is 4.72 Å². The molecule has 186 valence electrons. The van der Waals surface area contributed by atoms with Gasteiger partial charge in [0.15, 0.2) is 0 Å². The predicted octanol–water partition coefficient (Wildman–Crippen LogP) is 2.88. The second-order valence-corrected chi connectivity index (χ2v) is 12.7. The summed E-state index contributed by atoms with van der Waals surface area (Å²) in [7, 11) is -8.03. The van der Waals surface area contributed by atoms with Crippen LogP contribution in [0.25, 0.3) is 0 Å². The Bertz CT molecular complexity index is 1270. The number of sulfone groups is 1. The zero-order valence-electron chi connectivity index (χ0n) is 19.5. The Morgan fingerprint density at radius 1 is 1.06 bits per heavy atom. The van der Waals surface area contributed by atoms with Crippen LogP contribution in [0.4, 0.5) is 4.39 Å². The monoisotopic (exact) mass is 510 g/mol. The van der Waals surface area contributed by atoms with Gasteiger partial charge in [-0.1, -0.05) is 26.0 Å². The van der Waals surface area contributed by atoms with E-state index in [-0.39, 0.29) is 27.1 Å². The maximum absolute atomic E-state index is 13.9. The number of ether oxygens (including phenoxy) is 1. The van der Waals surface area contributed by atoms with Gasteiger partial charge in [-0.3, -0.25) is 4.90 Å². The van der Waals surface area contributed by atoms with E-state index in [9.17, 15) is 21.2 Å². The summed E-state index contributed by atoms with van der Waals surface area (Å²) in [5.74, 6) is -0.768. The van der Waals surface area contributed by atoms with Crippen molar-refractivity contribution in [2.45, 2.75) is 53.7 Å². The minimum absolute atomic E-state index is 0.0314. The van der Waals surface area contributed by atoms with Crippen LogP contribution >= 0.6 is 0 Å². The smallest absolute Gasteiger partial charge is 0.240 e. The predicted molar refractivity (Wildman–Crippen MR) is 127 cm³/mol. The minimum Gasteiger partial charge on any atom is -0.379 e. The molecule has 0 atom stereocenters. The van der Waals surface area contributed by atoms with Gasteiger partial charge in [-0.25, -0.2) is 25.9 Å². The topological polar surface area (TPSA) is 92.8 Å². The molecular weight excluding hydrogens is 479 g/mol. The molecule has 2 aromatic carbocycles. The maximum atomic E-state index is 13.9. The SMILES string of the molecule is CC(C)c1cc2c(cc1S(=O)(=O)NCCCN1CCOCC1)S(=O)(=O)c1cc(F)ccc1CC2. The van der Waals surface area contributed by atoms with Crippen LogP contribution in [0.2, 0.25) is 0 Å². The van der Waals surface area contributed by atoms with Crippen LogP contribution in [0.15, 0.2) is 45.0 Å². The molecule has 0 spiro atoms. The normalized spacial score (nSPS) is 18.4. The number of rotatable bonds is 7. The highest BCUT2D eigenvalue weighted by Crippen LogP contribution is 2.37. The second kappa shape index (κ2) is 10.0. The van der Waals surface area contributed by atoms with E-state index in [4.69, 9.17) is 4.74 Å². The van der Waals surface area contributed by atoms with Crippen molar-refractivity contribution in [1.82, 2.24) is 9.62 Å². The van der Waals surface area contributed by atoms with Crippen molar-refractivity contribution in [3.8, 4) is 0 Å².